The van der Waals surface area contributed by atoms with Crippen molar-refractivity contribution in [3.63, 3.8) is 0 Å². The average Bonchev–Trinajstić information content (AvgIpc) is 2.54. The van der Waals surface area contributed by atoms with Crippen LogP contribution in [0.2, 0.25) is 0 Å². The van der Waals surface area contributed by atoms with Gasteiger partial charge >= 0.3 is 11.9 Å². The summed E-state index contributed by atoms with van der Waals surface area (Å²) in [5.74, 6) is -1.59. The van der Waals surface area contributed by atoms with Crippen molar-refractivity contribution >= 4 is 11.9 Å². The fourth-order valence-electron chi connectivity index (χ4n) is 1.78. The molecule has 6 nitrogen and oxygen atoms in total. The Kier molecular flexibility index (Phi) is 6.78. The number of carbonyl (C=O) groups is 2. The van der Waals surface area contributed by atoms with E-state index >= 15 is 0 Å². The van der Waals surface area contributed by atoms with Crippen molar-refractivity contribution in [2.24, 2.45) is 5.73 Å². The topological polar surface area (TPSA) is 87.9 Å². The summed E-state index contributed by atoms with van der Waals surface area (Å²) in [5, 5.41) is 0. The van der Waals surface area contributed by atoms with Crippen LogP contribution >= 0.6 is 0 Å². The number of carbonyl (C=O) groups excluding carboxylic acids is 2. The first-order valence-corrected chi connectivity index (χ1v) is 6.84. The molecule has 0 radical (unpaired) electrons. The van der Waals surface area contributed by atoms with Gasteiger partial charge in [0.2, 0.25) is 12.4 Å². The zero-order valence-corrected chi connectivity index (χ0v) is 12.6. The largest absolute Gasteiger partial charge is 0.467 e. The van der Waals surface area contributed by atoms with Gasteiger partial charge in [-0.1, -0.05) is 25.5 Å². The number of hydrogen-bond acceptors (Lipinski definition) is 6. The Morgan fingerprint density at radius 1 is 1.23 bits per heavy atom. The molecule has 0 aliphatic heterocycles. The lowest BCUT2D eigenvalue weighted by atomic mass is 9.91. The van der Waals surface area contributed by atoms with E-state index in [1.165, 1.54) is 24.3 Å². The van der Waals surface area contributed by atoms with Gasteiger partial charge in [-0.3, -0.25) is 0 Å². The Morgan fingerprint density at radius 2 is 1.86 bits per heavy atom. The second-order valence-electron chi connectivity index (χ2n) is 4.57. The SMILES string of the molecule is CCCCOC(=O)C(N)(C(=O)OC)c1ccc(OCF)cc1. The minimum Gasteiger partial charge on any atom is -0.467 e. The monoisotopic (exact) mass is 313 g/mol. The van der Waals surface area contributed by atoms with Crippen LogP contribution in [0.5, 0.6) is 5.75 Å². The number of nitrogens with two attached hydrogens (primary N) is 1. The molecule has 1 unspecified atom stereocenters. The van der Waals surface area contributed by atoms with Crippen LogP contribution in [0.3, 0.4) is 0 Å². The summed E-state index contributed by atoms with van der Waals surface area (Å²) in [4.78, 5) is 24.2. The molecule has 1 aromatic rings. The van der Waals surface area contributed by atoms with Crippen LogP contribution < -0.4 is 10.5 Å². The second kappa shape index (κ2) is 8.33. The number of methoxy groups -OCH3 is 1. The van der Waals surface area contributed by atoms with Crippen LogP contribution in [0.15, 0.2) is 24.3 Å². The van der Waals surface area contributed by atoms with Crippen LogP contribution in [-0.4, -0.2) is 32.5 Å². The molecule has 0 aliphatic rings. The van der Waals surface area contributed by atoms with E-state index in [1.54, 1.807) is 0 Å². The molecule has 22 heavy (non-hydrogen) atoms. The molecule has 0 fully saturated rings. The van der Waals surface area contributed by atoms with E-state index < -0.39 is 24.3 Å². The molecule has 0 aliphatic carbocycles. The maximum atomic E-state index is 12.2. The third-order valence-corrected chi connectivity index (χ3v) is 3.09. The summed E-state index contributed by atoms with van der Waals surface area (Å²) in [6.07, 6.45) is 1.49. The number of hydrogen-bond donors (Lipinski definition) is 1. The van der Waals surface area contributed by atoms with Crippen LogP contribution in [0, 0.1) is 0 Å². The highest BCUT2D eigenvalue weighted by Gasteiger charge is 2.47. The van der Waals surface area contributed by atoms with Crippen LogP contribution in [-0.2, 0) is 24.6 Å². The predicted molar refractivity (Wildman–Crippen MR) is 76.8 cm³/mol. The number of esters is 2. The predicted octanol–water partition coefficient (Wildman–Crippen LogP) is 1.66. The number of halogens is 1. The van der Waals surface area contributed by atoms with E-state index in [4.69, 9.17) is 10.5 Å². The third kappa shape index (κ3) is 3.94. The van der Waals surface area contributed by atoms with Crippen LogP contribution in [0.4, 0.5) is 4.39 Å². The number of rotatable bonds is 8. The van der Waals surface area contributed by atoms with Gasteiger partial charge in [0, 0.05) is 0 Å². The molecule has 0 saturated carbocycles. The fraction of sp³-hybridized carbons (Fsp3) is 0.467. The molecule has 0 spiro atoms. The lowest BCUT2D eigenvalue weighted by Gasteiger charge is -2.25. The molecule has 1 atom stereocenters. The van der Waals surface area contributed by atoms with Gasteiger partial charge in [-0.05, 0) is 24.1 Å². The van der Waals surface area contributed by atoms with Gasteiger partial charge in [0.15, 0.2) is 0 Å². The number of ether oxygens (including phenoxy) is 3. The van der Waals surface area contributed by atoms with Crippen LogP contribution in [0.1, 0.15) is 25.3 Å². The Hall–Kier alpha value is -2.15. The number of alkyl halides is 1. The average molecular weight is 313 g/mol. The fourth-order valence-corrected chi connectivity index (χ4v) is 1.78. The van der Waals surface area contributed by atoms with Crippen LogP contribution in [0.25, 0.3) is 0 Å². The molecule has 1 rings (SSSR count). The van der Waals surface area contributed by atoms with Crippen molar-refractivity contribution in [3.8, 4) is 5.75 Å². The summed E-state index contributed by atoms with van der Waals surface area (Å²) >= 11 is 0. The lowest BCUT2D eigenvalue weighted by Crippen LogP contribution is -2.53. The quantitative estimate of drug-likeness (QED) is 0.446. The minimum absolute atomic E-state index is 0.161. The van der Waals surface area contributed by atoms with E-state index in [-0.39, 0.29) is 17.9 Å². The Balaban J connectivity index is 3.05. The molecule has 7 heteroatoms. The van der Waals surface area contributed by atoms with Crippen molar-refractivity contribution in [1.29, 1.82) is 0 Å². The summed E-state index contributed by atoms with van der Waals surface area (Å²) in [5.41, 5.74) is 4.06. The highest BCUT2D eigenvalue weighted by atomic mass is 19.1. The van der Waals surface area contributed by atoms with Gasteiger partial charge < -0.3 is 19.9 Å². The standard InChI is InChI=1S/C15H20FNO5/c1-3-4-9-21-14(19)15(17,13(18)20-2)11-5-7-12(8-6-11)22-10-16/h5-8H,3-4,9-10,17H2,1-2H3. The zero-order chi connectivity index (χ0) is 16.6. The minimum atomic E-state index is -2.07. The Morgan fingerprint density at radius 3 is 2.36 bits per heavy atom. The highest BCUT2D eigenvalue weighted by molar-refractivity contribution is 6.05. The molecule has 0 amide bonds. The van der Waals surface area contributed by atoms with E-state index in [0.717, 1.165) is 13.5 Å². The Labute approximate surface area is 128 Å². The normalized spacial score (nSPS) is 13.1. The molecule has 0 saturated heterocycles. The van der Waals surface area contributed by atoms with Crippen molar-refractivity contribution < 1.29 is 28.2 Å². The molecule has 2 N–H and O–H groups in total. The molecule has 122 valence electrons. The van der Waals surface area contributed by atoms with Gasteiger partial charge in [-0.15, -0.1) is 0 Å². The smallest absolute Gasteiger partial charge is 0.342 e. The van der Waals surface area contributed by atoms with E-state index in [0.29, 0.717) is 6.42 Å². The molecule has 1 aromatic carbocycles. The summed E-state index contributed by atoms with van der Waals surface area (Å²) in [7, 11) is 1.13. The van der Waals surface area contributed by atoms with Crippen molar-refractivity contribution in [2.75, 3.05) is 20.6 Å². The lowest BCUT2D eigenvalue weighted by molar-refractivity contribution is -0.163. The zero-order valence-electron chi connectivity index (χ0n) is 12.6. The van der Waals surface area contributed by atoms with Gasteiger partial charge in [-0.2, -0.15) is 0 Å². The van der Waals surface area contributed by atoms with Crippen molar-refractivity contribution in [3.05, 3.63) is 29.8 Å². The molecule has 0 heterocycles. The molecule has 0 aromatic heterocycles. The van der Waals surface area contributed by atoms with Gasteiger partial charge in [0.1, 0.15) is 5.75 Å². The first-order valence-electron chi connectivity index (χ1n) is 6.84. The summed E-state index contributed by atoms with van der Waals surface area (Å²) in [6.45, 7) is 1.12. The first kappa shape index (κ1) is 17.9. The number of benzene rings is 1. The maximum Gasteiger partial charge on any atom is 0.342 e. The van der Waals surface area contributed by atoms with Crippen molar-refractivity contribution in [1.82, 2.24) is 0 Å². The molecular weight excluding hydrogens is 293 g/mol. The third-order valence-electron chi connectivity index (χ3n) is 3.09. The summed E-state index contributed by atoms with van der Waals surface area (Å²) < 4.78 is 26.4. The molecular formula is C15H20FNO5. The second-order valence-corrected chi connectivity index (χ2v) is 4.57. The van der Waals surface area contributed by atoms with Crippen molar-refractivity contribution in [2.45, 2.75) is 25.3 Å². The summed E-state index contributed by atoms with van der Waals surface area (Å²) in [6, 6.07) is 5.59. The number of unbranched alkanes of at least 4 members (excludes halogenated alkanes) is 1. The highest BCUT2D eigenvalue weighted by Crippen LogP contribution is 2.24. The molecule has 0 bridgehead atoms. The first-order chi connectivity index (χ1) is 10.5. The van der Waals surface area contributed by atoms with E-state index in [1.807, 2.05) is 6.92 Å². The maximum absolute atomic E-state index is 12.2. The van der Waals surface area contributed by atoms with Gasteiger partial charge in [-0.25, -0.2) is 14.0 Å². The Bertz CT molecular complexity index is 505. The van der Waals surface area contributed by atoms with Gasteiger partial charge in [0.25, 0.3) is 0 Å². The van der Waals surface area contributed by atoms with E-state index in [2.05, 4.69) is 9.47 Å². The van der Waals surface area contributed by atoms with E-state index in [9.17, 15) is 14.0 Å². The van der Waals surface area contributed by atoms with Gasteiger partial charge in [0.05, 0.1) is 13.7 Å².